The number of ketones is 2. The molecular weight excluding hydrogens is 678 g/mol. The first kappa shape index (κ1) is 42.5. The maximum atomic E-state index is 14.1. The third-order valence-electron chi connectivity index (χ3n) is 9.68. The topological polar surface area (TPSA) is 189 Å². The van der Waals surface area contributed by atoms with E-state index in [4.69, 9.17) is 25.7 Å². The summed E-state index contributed by atoms with van der Waals surface area (Å²) in [4.78, 5) is 66.9. The lowest BCUT2D eigenvalue weighted by molar-refractivity contribution is -0.125. The molecule has 12 heteroatoms. The maximum absolute atomic E-state index is 14.1. The number of amides is 2. The van der Waals surface area contributed by atoms with Gasteiger partial charge in [-0.15, -0.1) is 0 Å². The molecule has 2 aromatic carbocycles. The number of fused-ring (bicyclic) bond motifs is 1. The number of methoxy groups -OCH3 is 2. The summed E-state index contributed by atoms with van der Waals surface area (Å²) in [6, 6.07) is 12.8. The normalized spacial score (nSPS) is 29.1. The summed E-state index contributed by atoms with van der Waals surface area (Å²) < 4.78 is 16.9. The maximum Gasteiger partial charge on any atom is 0.405 e. The molecule has 0 saturated carbocycles. The minimum Gasteiger partial charge on any atom is -0.439 e. The second-order valence-electron chi connectivity index (χ2n) is 13.7. The molecular formula is C41H53N3O9. The second-order valence-corrected chi connectivity index (χ2v) is 13.7. The van der Waals surface area contributed by atoms with Crippen LogP contribution in [0, 0.1) is 11.8 Å². The van der Waals surface area contributed by atoms with Gasteiger partial charge in [0, 0.05) is 48.6 Å². The molecule has 1 heterocycles. The lowest BCUT2D eigenvalue weighted by atomic mass is 9.87. The van der Waals surface area contributed by atoms with Gasteiger partial charge < -0.3 is 35.7 Å². The zero-order valence-corrected chi connectivity index (χ0v) is 31.7. The van der Waals surface area contributed by atoms with Crippen molar-refractivity contribution in [2.45, 2.75) is 84.7 Å². The Bertz CT molecular complexity index is 1790. The quantitative estimate of drug-likeness (QED) is 0.191. The molecule has 286 valence electrons. The smallest absolute Gasteiger partial charge is 0.405 e. The molecule has 0 spiro atoms. The van der Waals surface area contributed by atoms with E-state index in [-0.39, 0.29) is 47.2 Å². The Balaban J connectivity index is 2.14. The number of aliphatic hydroxyl groups is 1. The largest absolute Gasteiger partial charge is 0.439 e. The summed E-state index contributed by atoms with van der Waals surface area (Å²) in [5.74, 6) is -2.30. The van der Waals surface area contributed by atoms with Crippen LogP contribution in [0.2, 0.25) is 0 Å². The molecule has 0 fully saturated rings. The van der Waals surface area contributed by atoms with E-state index in [1.807, 2.05) is 37.3 Å². The zero-order chi connectivity index (χ0) is 39.4. The Kier molecular flexibility index (Phi) is 15.9. The van der Waals surface area contributed by atoms with Gasteiger partial charge in [-0.25, -0.2) is 4.79 Å². The van der Waals surface area contributed by atoms with Gasteiger partial charge in [0.05, 0.1) is 30.6 Å². The fraction of sp³-hybridized carbons (Fsp3) is 0.439. The number of allylic oxidation sites excluding steroid dienone is 4. The number of Topliss-reactive ketones (excluding diaryl/α,β-unsaturated/α-hetero) is 1. The predicted octanol–water partition coefficient (Wildman–Crippen LogP) is 5.33. The lowest BCUT2D eigenvalue weighted by Gasteiger charge is -2.30. The van der Waals surface area contributed by atoms with Gasteiger partial charge in [-0.3, -0.25) is 19.2 Å². The van der Waals surface area contributed by atoms with E-state index < -0.39 is 48.1 Å². The van der Waals surface area contributed by atoms with E-state index in [0.29, 0.717) is 36.7 Å². The summed E-state index contributed by atoms with van der Waals surface area (Å²) in [5, 5.41) is 12.9. The number of hydrogen-bond acceptors (Lipinski definition) is 10. The Hall–Kier alpha value is -4.91. The number of nitrogens with two attached hydrogens (primary N) is 2. The number of rotatable bonds is 7. The lowest BCUT2D eigenvalue weighted by Crippen LogP contribution is -2.37. The predicted molar refractivity (Wildman–Crippen MR) is 202 cm³/mol. The number of carbonyl (C=O) groups excluding carboxylic acids is 5. The van der Waals surface area contributed by atoms with Crippen molar-refractivity contribution in [1.29, 1.82) is 0 Å². The number of benzene rings is 2. The molecule has 1 aliphatic heterocycles. The summed E-state index contributed by atoms with van der Waals surface area (Å²) >= 11 is 0. The Morgan fingerprint density at radius 3 is 2.30 bits per heavy atom. The SMILES string of the molecule is CO[C@H]1C[C@H](C)C/C(C=O)=C(\N)C(=O)/C=C(\C)N(CC(=O)c2cccc3ccccc23)C(=O)/C(C)=C/CC[C@H](OC)[C@@H](OC(N)=O)/C(C)=C/[C@H](C)[C@H]1O. The monoisotopic (exact) mass is 731 g/mol. The highest BCUT2D eigenvalue weighted by Gasteiger charge is 2.31. The van der Waals surface area contributed by atoms with Gasteiger partial charge in [0.15, 0.2) is 11.9 Å². The van der Waals surface area contributed by atoms with E-state index in [9.17, 15) is 29.1 Å². The number of primary amides is 1. The molecule has 3 rings (SSSR count). The molecule has 0 bridgehead atoms. The van der Waals surface area contributed by atoms with E-state index in [2.05, 4.69) is 0 Å². The molecule has 2 amide bonds. The van der Waals surface area contributed by atoms with Crippen LogP contribution in [0.3, 0.4) is 0 Å². The number of aldehydes is 1. The van der Waals surface area contributed by atoms with E-state index in [0.717, 1.165) is 16.8 Å². The Labute approximate surface area is 311 Å². The van der Waals surface area contributed by atoms with Crippen molar-refractivity contribution in [2.75, 3.05) is 20.8 Å². The molecule has 0 aromatic heterocycles. The van der Waals surface area contributed by atoms with Crippen LogP contribution < -0.4 is 11.5 Å². The first-order valence-corrected chi connectivity index (χ1v) is 17.7. The summed E-state index contributed by atoms with van der Waals surface area (Å²) in [6.45, 7) is 8.12. The zero-order valence-electron chi connectivity index (χ0n) is 31.7. The molecule has 2 aromatic rings. The van der Waals surface area contributed by atoms with E-state index >= 15 is 0 Å². The van der Waals surface area contributed by atoms with Crippen LogP contribution >= 0.6 is 0 Å². The van der Waals surface area contributed by atoms with Gasteiger partial charge in [-0.2, -0.15) is 0 Å². The molecule has 1 aliphatic rings. The highest BCUT2D eigenvalue weighted by atomic mass is 16.6. The summed E-state index contributed by atoms with van der Waals surface area (Å²) in [7, 11) is 2.94. The number of ether oxygens (including phenoxy) is 3. The summed E-state index contributed by atoms with van der Waals surface area (Å²) in [5.41, 5.74) is 12.9. The average molecular weight is 732 g/mol. The molecule has 12 nitrogen and oxygen atoms in total. The third kappa shape index (κ3) is 11.3. The molecule has 0 saturated heterocycles. The first-order chi connectivity index (χ1) is 25.1. The molecule has 6 atom stereocenters. The van der Waals surface area contributed by atoms with Gasteiger partial charge >= 0.3 is 6.09 Å². The van der Waals surface area contributed by atoms with Gasteiger partial charge in [-0.05, 0) is 68.7 Å². The van der Waals surface area contributed by atoms with Gasteiger partial charge in [0.1, 0.15) is 6.29 Å². The number of hydrogen-bond donors (Lipinski definition) is 3. The van der Waals surface area contributed by atoms with Gasteiger partial charge in [-0.1, -0.05) is 68.5 Å². The van der Waals surface area contributed by atoms with Crippen molar-refractivity contribution < 1.29 is 43.3 Å². The molecule has 53 heavy (non-hydrogen) atoms. The van der Waals surface area contributed by atoms with Crippen LogP contribution in [0.25, 0.3) is 10.8 Å². The highest BCUT2D eigenvalue weighted by molar-refractivity contribution is 6.11. The average Bonchev–Trinajstić information content (AvgIpc) is 3.13. The number of nitrogens with zero attached hydrogens (tertiary/aromatic N) is 1. The van der Waals surface area contributed by atoms with Crippen molar-refractivity contribution >= 4 is 40.6 Å². The number of aliphatic hydroxyl groups excluding tert-OH is 1. The fourth-order valence-electron chi connectivity index (χ4n) is 6.70. The molecule has 0 unspecified atom stereocenters. The van der Waals surface area contributed by atoms with Crippen LogP contribution in [-0.4, -0.2) is 85.0 Å². The van der Waals surface area contributed by atoms with Crippen molar-refractivity contribution in [3.63, 3.8) is 0 Å². The molecule has 0 aliphatic carbocycles. The summed E-state index contributed by atoms with van der Waals surface area (Å²) in [6.07, 6.45) is 1.92. The van der Waals surface area contributed by atoms with Crippen LogP contribution in [0.1, 0.15) is 70.7 Å². The Morgan fingerprint density at radius 1 is 1.00 bits per heavy atom. The second kappa shape index (κ2) is 19.8. The third-order valence-corrected chi connectivity index (χ3v) is 9.68. The standard InChI is InChI=1S/C41H53N3O9/c1-24-18-30(23-45)37(42)33(46)21-28(5)44(22-34(47)32-16-11-14-29-13-8-9-15-31(29)32)40(49)25(2)12-10-17-35(51-6)39(53-41(43)50)27(4)20-26(3)38(48)36(19-24)52-7/h8-9,11-16,20-21,23-24,26,35-36,38-39,48H,10,17-19,22,42H2,1-7H3,(H2,43,50)/b25-12+,27-20+,28-21+,37-30+/t24-,26+,35+,36+,38-,39+/m1/s1. The van der Waals surface area contributed by atoms with Gasteiger partial charge in [0.2, 0.25) is 5.78 Å². The van der Waals surface area contributed by atoms with Crippen LogP contribution in [-0.2, 0) is 28.6 Å². The fourth-order valence-corrected chi connectivity index (χ4v) is 6.70. The van der Waals surface area contributed by atoms with Crippen LogP contribution in [0.4, 0.5) is 4.79 Å². The van der Waals surface area contributed by atoms with Gasteiger partial charge in [0.25, 0.3) is 5.91 Å². The number of carbonyl (C=O) groups is 5. The first-order valence-electron chi connectivity index (χ1n) is 17.7. The molecule has 5 N–H and O–H groups in total. The van der Waals surface area contributed by atoms with Crippen molar-refractivity contribution in [3.8, 4) is 0 Å². The van der Waals surface area contributed by atoms with Crippen molar-refractivity contribution in [1.82, 2.24) is 4.90 Å². The molecule has 0 radical (unpaired) electrons. The minimum absolute atomic E-state index is 0.0587. The van der Waals surface area contributed by atoms with Crippen molar-refractivity contribution in [2.24, 2.45) is 23.3 Å². The van der Waals surface area contributed by atoms with E-state index in [1.165, 1.54) is 26.0 Å². The van der Waals surface area contributed by atoms with Crippen molar-refractivity contribution in [3.05, 3.63) is 94.4 Å². The highest BCUT2D eigenvalue weighted by Crippen LogP contribution is 2.27. The van der Waals surface area contributed by atoms with E-state index in [1.54, 1.807) is 45.1 Å². The minimum atomic E-state index is -1.00. The van der Waals surface area contributed by atoms with Crippen LogP contribution in [0.15, 0.2) is 88.8 Å². The van der Waals surface area contributed by atoms with Crippen LogP contribution in [0.5, 0.6) is 0 Å². The Morgan fingerprint density at radius 2 is 1.66 bits per heavy atom.